The molecule has 414 valence electrons. The predicted molar refractivity (Wildman–Crippen MR) is 242 cm³/mol. The maximum Gasteiger partial charge on any atom is 0.187 e. The van der Waals surface area contributed by atoms with Gasteiger partial charge in [-0.15, -0.1) is 0 Å². The highest BCUT2D eigenvalue weighted by Gasteiger charge is 2.69. The van der Waals surface area contributed by atoms with Crippen LogP contribution in [0.15, 0.2) is 0 Å². The Labute approximate surface area is 419 Å². The molecule has 6 heterocycles. The van der Waals surface area contributed by atoms with Gasteiger partial charge in [0.15, 0.2) is 30.9 Å². The van der Waals surface area contributed by atoms with E-state index in [2.05, 4.69) is 27.7 Å². The molecule has 10 aliphatic rings. The maximum absolute atomic E-state index is 11.8. The lowest BCUT2D eigenvalue weighted by Gasteiger charge is -2.61. The molecular formula is C50H82O22. The van der Waals surface area contributed by atoms with Crippen molar-refractivity contribution in [3.8, 4) is 0 Å². The number of aliphatic hydroxyl groups is 12. The summed E-state index contributed by atoms with van der Waals surface area (Å²) < 4.78 is 61.4. The summed E-state index contributed by atoms with van der Waals surface area (Å²) in [6, 6.07) is 0. The Hall–Kier alpha value is -0.880. The summed E-state index contributed by atoms with van der Waals surface area (Å²) in [6.45, 7) is 7.42. The maximum atomic E-state index is 11.8. The van der Waals surface area contributed by atoms with E-state index in [4.69, 9.17) is 47.4 Å². The molecule has 0 unspecified atom stereocenters. The van der Waals surface area contributed by atoms with Gasteiger partial charge < -0.3 is 109 Å². The molecule has 31 atom stereocenters. The predicted octanol–water partition coefficient (Wildman–Crippen LogP) is -2.27. The molecule has 0 aromatic heterocycles. The molecule has 72 heavy (non-hydrogen) atoms. The number of rotatable bonds is 11. The van der Waals surface area contributed by atoms with E-state index in [0.29, 0.717) is 47.8 Å². The third-order valence-corrected chi connectivity index (χ3v) is 20.0. The molecule has 0 radical (unpaired) electrons. The summed E-state index contributed by atoms with van der Waals surface area (Å²) in [6.07, 6.45) is -22.8. The van der Waals surface area contributed by atoms with E-state index in [9.17, 15) is 61.3 Å². The van der Waals surface area contributed by atoms with Crippen molar-refractivity contribution in [1.82, 2.24) is 0 Å². The first-order valence-corrected chi connectivity index (χ1v) is 26.7. The summed E-state index contributed by atoms with van der Waals surface area (Å²) in [5, 5.41) is 129. The fraction of sp³-hybridized carbons (Fsp3) is 1.00. The second-order valence-electron chi connectivity index (χ2n) is 23.9. The largest absolute Gasteiger partial charge is 0.394 e. The fourth-order valence-corrected chi connectivity index (χ4v) is 15.9. The van der Waals surface area contributed by atoms with Gasteiger partial charge in [0.25, 0.3) is 0 Å². The first kappa shape index (κ1) is 54.5. The van der Waals surface area contributed by atoms with E-state index < -0.39 is 149 Å². The van der Waals surface area contributed by atoms with Crippen LogP contribution in [0.25, 0.3) is 0 Å². The first-order valence-electron chi connectivity index (χ1n) is 26.7. The number of ether oxygens (including phenoxy) is 10. The molecular weight excluding hydrogens is 953 g/mol. The topological polar surface area (TPSA) is 335 Å². The van der Waals surface area contributed by atoms with E-state index in [0.717, 1.165) is 51.6 Å². The zero-order valence-corrected chi connectivity index (χ0v) is 41.7. The number of hydrogen-bond acceptors (Lipinski definition) is 22. The fourth-order valence-electron chi connectivity index (χ4n) is 15.9. The Bertz CT molecular complexity index is 1830. The van der Waals surface area contributed by atoms with Crippen molar-refractivity contribution in [3.05, 3.63) is 0 Å². The molecule has 0 aromatic rings. The van der Waals surface area contributed by atoms with E-state index in [1.165, 1.54) is 12.8 Å². The van der Waals surface area contributed by atoms with Crippen LogP contribution >= 0.6 is 0 Å². The van der Waals surface area contributed by atoms with Gasteiger partial charge in [-0.3, -0.25) is 0 Å². The Balaban J connectivity index is 0.810. The average molecular weight is 1040 g/mol. The summed E-state index contributed by atoms with van der Waals surface area (Å²) in [5.74, 6) is 3.07. The molecule has 10 rings (SSSR count). The van der Waals surface area contributed by atoms with Crippen LogP contribution in [-0.4, -0.2) is 229 Å². The van der Waals surface area contributed by atoms with Crippen LogP contribution in [0.4, 0.5) is 0 Å². The Kier molecular flexibility index (Phi) is 15.9. The first-order chi connectivity index (χ1) is 34.3. The Morgan fingerprint density at radius 3 is 1.85 bits per heavy atom. The van der Waals surface area contributed by atoms with Gasteiger partial charge in [-0.2, -0.15) is 0 Å². The molecule has 22 nitrogen and oxygen atoms in total. The molecule has 4 aliphatic carbocycles. The molecule has 0 amide bonds. The lowest BCUT2D eigenvalue weighted by atomic mass is 9.44. The van der Waals surface area contributed by atoms with Crippen molar-refractivity contribution in [3.63, 3.8) is 0 Å². The molecule has 1 spiro atoms. The lowest BCUT2D eigenvalue weighted by Crippen LogP contribution is -2.68. The molecule has 0 bridgehead atoms. The second-order valence-corrected chi connectivity index (χ2v) is 23.9. The normalized spacial score (nSPS) is 57.8. The van der Waals surface area contributed by atoms with Crippen LogP contribution in [0.5, 0.6) is 0 Å². The molecule has 6 aliphatic heterocycles. The second kappa shape index (κ2) is 21.1. The number of aliphatic hydroxyl groups excluding tert-OH is 12. The van der Waals surface area contributed by atoms with Crippen LogP contribution in [0.2, 0.25) is 0 Å². The van der Waals surface area contributed by atoms with Gasteiger partial charge in [0.05, 0.1) is 45.2 Å². The smallest absolute Gasteiger partial charge is 0.187 e. The molecule has 22 heteroatoms. The third-order valence-electron chi connectivity index (χ3n) is 20.0. The summed E-state index contributed by atoms with van der Waals surface area (Å²) in [4.78, 5) is 0. The van der Waals surface area contributed by atoms with Gasteiger partial charge in [0.2, 0.25) is 0 Å². The highest BCUT2D eigenvalue weighted by molar-refractivity contribution is 5.15. The van der Waals surface area contributed by atoms with E-state index in [-0.39, 0.29) is 23.0 Å². The van der Waals surface area contributed by atoms with Gasteiger partial charge >= 0.3 is 0 Å². The van der Waals surface area contributed by atoms with Crippen LogP contribution in [0.3, 0.4) is 0 Å². The summed E-state index contributed by atoms with van der Waals surface area (Å²) >= 11 is 0. The van der Waals surface area contributed by atoms with Gasteiger partial charge in [-0.25, -0.2) is 0 Å². The van der Waals surface area contributed by atoms with Crippen molar-refractivity contribution in [2.24, 2.45) is 52.3 Å². The molecule has 12 N–H and O–H groups in total. The highest BCUT2D eigenvalue weighted by Crippen LogP contribution is 2.71. The molecule has 10 fully saturated rings. The third kappa shape index (κ3) is 9.26. The Morgan fingerprint density at radius 2 is 1.14 bits per heavy atom. The van der Waals surface area contributed by atoms with Crippen LogP contribution in [-0.2, 0) is 47.4 Å². The molecule has 4 saturated carbocycles. The van der Waals surface area contributed by atoms with Crippen LogP contribution < -0.4 is 0 Å². The van der Waals surface area contributed by atoms with Crippen molar-refractivity contribution in [2.45, 2.75) is 227 Å². The van der Waals surface area contributed by atoms with E-state index >= 15 is 0 Å². The van der Waals surface area contributed by atoms with Gasteiger partial charge in [-0.05, 0) is 104 Å². The quantitative estimate of drug-likeness (QED) is 0.0971. The number of hydrogen-bond donors (Lipinski definition) is 12. The summed E-state index contributed by atoms with van der Waals surface area (Å²) in [7, 11) is 0. The highest BCUT2D eigenvalue weighted by atomic mass is 16.8. The minimum absolute atomic E-state index is 0.0931. The standard InChI is InChI=1S/C50H82O22/c1-20-7-12-50(64-18-20)21(2)32-28(72-50)14-26-24-6-5-22-13-23(8-10-48(22,3)25(24)9-11-49(26,32)4)65-45-40(62)37(59)41(31(17-53)68-45)69-47-43(71-44-38(60)33(55)27(54)19-63-44)42(35(57)30(16-52)67-47)70-46-39(61)36(58)34(56)29(15-51)66-46/h20-47,51-62H,5-19H2,1-4H3/t20-,21+,22+,23+,24-,25+,26+,27-,28+,29-,30-,31-,32+,33+,34-,35-,36+,37-,38-,39-,40-,41+,42+,43-,44+,45-,46+,47+,48+,49+,50-/m1/s1. The van der Waals surface area contributed by atoms with Crippen LogP contribution in [0, 0.1) is 52.3 Å². The zero-order chi connectivity index (χ0) is 51.3. The SMILES string of the molecule is C[C@@H]1CC[C@@]2(OC1)O[C@H]1C[C@H]3[C@@H]4CC[C@H]5C[C@@H](O[C@@H]6O[C@H](CO)[C@H](O[C@@H]7O[C@H](CO)[C@@H](O)[C@H](O[C@@H]8O[C@H](CO)[C@@H](O)[C@H](O)[C@H]8O)[C@H]7O[C@@H]7OC[C@@H](O)[C@H](O)[C@H]7O)[C@H](O)[C@H]6O)CC[C@]5(C)[C@H]4CC[C@]3(C)[C@H]1[C@@H]2C. The Morgan fingerprint density at radius 1 is 0.514 bits per heavy atom. The van der Waals surface area contributed by atoms with Gasteiger partial charge in [0, 0.05) is 12.3 Å². The van der Waals surface area contributed by atoms with E-state index in [1.807, 2.05) is 0 Å². The molecule has 0 aromatic carbocycles. The van der Waals surface area contributed by atoms with Crippen molar-refractivity contribution >= 4 is 0 Å². The van der Waals surface area contributed by atoms with Gasteiger partial charge in [-0.1, -0.05) is 27.7 Å². The van der Waals surface area contributed by atoms with Crippen molar-refractivity contribution in [2.75, 3.05) is 33.0 Å². The van der Waals surface area contributed by atoms with Crippen molar-refractivity contribution in [1.29, 1.82) is 0 Å². The van der Waals surface area contributed by atoms with E-state index in [1.54, 1.807) is 0 Å². The monoisotopic (exact) mass is 1030 g/mol. The zero-order valence-electron chi connectivity index (χ0n) is 41.7. The number of fused-ring (bicyclic) bond motifs is 7. The lowest BCUT2D eigenvalue weighted by molar-refractivity contribution is -0.403. The average Bonchev–Trinajstić information content (AvgIpc) is 3.82. The molecule has 6 saturated heterocycles. The minimum atomic E-state index is -1.98. The minimum Gasteiger partial charge on any atom is -0.394 e. The van der Waals surface area contributed by atoms with Gasteiger partial charge in [0.1, 0.15) is 91.6 Å². The summed E-state index contributed by atoms with van der Waals surface area (Å²) in [5.41, 5.74) is 0.295. The van der Waals surface area contributed by atoms with Crippen LogP contribution in [0.1, 0.15) is 91.9 Å². The van der Waals surface area contributed by atoms with Crippen molar-refractivity contribution < 1.29 is 109 Å².